The number of anilines is 2. The Hall–Kier alpha value is -3.40. The maximum Gasteiger partial charge on any atom is 0.158 e. The smallest absolute Gasteiger partial charge is 0.158 e. The molecule has 34 heavy (non-hydrogen) atoms. The number of nitrogens with zero attached hydrogens (tertiary/aromatic N) is 2. The molecule has 2 aromatic carbocycles. The molecule has 178 valence electrons. The van der Waals surface area contributed by atoms with Crippen LogP contribution >= 0.6 is 0 Å². The van der Waals surface area contributed by atoms with Gasteiger partial charge in [-0.1, -0.05) is 42.5 Å². The molecular formula is C30H36N2O2. The number of rotatable bonds is 5. The molecule has 2 aromatic rings. The maximum atomic E-state index is 11.5. The summed E-state index contributed by atoms with van der Waals surface area (Å²) in [7, 11) is 8.10. The lowest BCUT2D eigenvalue weighted by molar-refractivity contribution is -0.115. The molecule has 0 unspecified atom stereocenters. The van der Waals surface area contributed by atoms with Crippen LogP contribution in [0, 0.1) is 0 Å². The molecule has 2 saturated carbocycles. The van der Waals surface area contributed by atoms with Crippen LogP contribution in [0.2, 0.25) is 0 Å². The molecule has 2 fully saturated rings. The Labute approximate surface area is 204 Å². The summed E-state index contributed by atoms with van der Waals surface area (Å²) in [5.41, 5.74) is 6.60. The summed E-state index contributed by atoms with van der Waals surface area (Å²) in [4.78, 5) is 27.0. The summed E-state index contributed by atoms with van der Waals surface area (Å²) in [6, 6.07) is 16.6. The van der Waals surface area contributed by atoms with Gasteiger partial charge in [-0.25, -0.2) is 0 Å². The zero-order valence-corrected chi connectivity index (χ0v) is 20.9. The Morgan fingerprint density at radius 3 is 1.53 bits per heavy atom. The van der Waals surface area contributed by atoms with Crippen molar-refractivity contribution in [3.63, 3.8) is 0 Å². The van der Waals surface area contributed by atoms with Crippen LogP contribution in [0.3, 0.4) is 0 Å². The van der Waals surface area contributed by atoms with Gasteiger partial charge in [0, 0.05) is 52.4 Å². The van der Waals surface area contributed by atoms with Crippen LogP contribution in [-0.4, -0.2) is 39.8 Å². The van der Waals surface area contributed by atoms with Crippen molar-refractivity contribution in [1.82, 2.24) is 0 Å². The molecule has 0 aromatic heterocycles. The monoisotopic (exact) mass is 456 g/mol. The van der Waals surface area contributed by atoms with Crippen molar-refractivity contribution in [3.05, 3.63) is 83.0 Å². The minimum absolute atomic E-state index is 0.308. The van der Waals surface area contributed by atoms with Crippen molar-refractivity contribution in [2.75, 3.05) is 38.0 Å². The summed E-state index contributed by atoms with van der Waals surface area (Å²) in [6.45, 7) is 0. The molecule has 0 aliphatic heterocycles. The average Bonchev–Trinajstić information content (AvgIpc) is 3.42. The van der Waals surface area contributed by atoms with Crippen molar-refractivity contribution in [2.24, 2.45) is 0 Å². The van der Waals surface area contributed by atoms with E-state index in [9.17, 15) is 9.59 Å². The van der Waals surface area contributed by atoms with Gasteiger partial charge in [0.2, 0.25) is 0 Å². The van der Waals surface area contributed by atoms with Crippen molar-refractivity contribution in [2.45, 2.75) is 38.5 Å². The summed E-state index contributed by atoms with van der Waals surface area (Å²) in [6.07, 6.45) is 13.3. The lowest BCUT2D eigenvalue weighted by atomic mass is 10.1. The van der Waals surface area contributed by atoms with E-state index in [4.69, 9.17) is 0 Å². The van der Waals surface area contributed by atoms with Gasteiger partial charge in [0.1, 0.15) is 0 Å². The molecule has 0 atom stereocenters. The quantitative estimate of drug-likeness (QED) is 0.493. The molecule has 0 spiro atoms. The second-order valence-electron chi connectivity index (χ2n) is 9.25. The van der Waals surface area contributed by atoms with Gasteiger partial charge < -0.3 is 9.80 Å². The van der Waals surface area contributed by atoms with Gasteiger partial charge in [0.15, 0.2) is 11.6 Å². The van der Waals surface area contributed by atoms with Crippen molar-refractivity contribution in [1.29, 1.82) is 0 Å². The number of hydrogen-bond acceptors (Lipinski definition) is 4. The lowest BCUT2D eigenvalue weighted by Crippen LogP contribution is -2.07. The zero-order chi connectivity index (χ0) is 24.5. The third kappa shape index (κ3) is 7.31. The van der Waals surface area contributed by atoms with Gasteiger partial charge in [-0.05, 0) is 78.3 Å². The lowest BCUT2D eigenvalue weighted by Gasteiger charge is -2.11. The molecule has 0 bridgehead atoms. The third-order valence-corrected chi connectivity index (χ3v) is 6.16. The van der Waals surface area contributed by atoms with Gasteiger partial charge in [-0.15, -0.1) is 0 Å². The van der Waals surface area contributed by atoms with Crippen LogP contribution in [-0.2, 0) is 9.59 Å². The summed E-state index contributed by atoms with van der Waals surface area (Å²) >= 11 is 0. The van der Waals surface area contributed by atoms with E-state index >= 15 is 0 Å². The largest absolute Gasteiger partial charge is 0.378 e. The van der Waals surface area contributed by atoms with E-state index in [0.29, 0.717) is 11.6 Å². The number of Topliss-reactive ketones (excluding diaryl/α,β-unsaturated/α-hetero) is 2. The molecule has 0 heterocycles. The highest BCUT2D eigenvalue weighted by Gasteiger charge is 2.16. The van der Waals surface area contributed by atoms with Gasteiger partial charge in [0.25, 0.3) is 0 Å². The van der Waals surface area contributed by atoms with Gasteiger partial charge in [-0.2, -0.15) is 0 Å². The number of ketones is 2. The topological polar surface area (TPSA) is 40.6 Å². The first kappa shape index (κ1) is 25.2. The zero-order valence-electron chi connectivity index (χ0n) is 20.9. The highest BCUT2D eigenvalue weighted by Crippen LogP contribution is 2.24. The summed E-state index contributed by atoms with van der Waals surface area (Å²) in [5.74, 6) is 0.624. The normalized spacial score (nSPS) is 18.0. The van der Waals surface area contributed by atoms with Crippen LogP contribution in [0.5, 0.6) is 0 Å². The predicted octanol–water partition coefficient (Wildman–Crippen LogP) is 6.33. The first-order valence-corrected chi connectivity index (χ1v) is 12.0. The standard InChI is InChI=1S/C16H19NO.C14H17NO/c1-17(2)15-11-9-13(10-12-15)5-3-6-14-7-4-8-16(14)18;1-15(2)13-8-6-11(7-9-13)10-12-4-3-5-14(12)16/h3,5-6,9-12H,4,7-8H2,1-2H3;6-10H,3-5H2,1-2H3/b5-3+,14-6+;12-10+. The Kier molecular flexibility index (Phi) is 9.03. The predicted molar refractivity (Wildman–Crippen MR) is 144 cm³/mol. The minimum atomic E-state index is 0.308. The van der Waals surface area contributed by atoms with E-state index in [2.05, 4.69) is 58.3 Å². The van der Waals surface area contributed by atoms with Crippen LogP contribution in [0.15, 0.2) is 71.8 Å². The van der Waals surface area contributed by atoms with E-state index in [1.165, 1.54) is 11.4 Å². The Bertz CT molecular complexity index is 1070. The van der Waals surface area contributed by atoms with Gasteiger partial charge >= 0.3 is 0 Å². The Balaban J connectivity index is 0.000000192. The number of benzene rings is 2. The van der Waals surface area contributed by atoms with Crippen LogP contribution in [0.4, 0.5) is 11.4 Å². The number of hydrogen-bond donors (Lipinski definition) is 0. The van der Waals surface area contributed by atoms with E-state index < -0.39 is 0 Å². The van der Waals surface area contributed by atoms with E-state index in [0.717, 1.165) is 60.8 Å². The van der Waals surface area contributed by atoms with Crippen LogP contribution in [0.25, 0.3) is 12.2 Å². The fraction of sp³-hybridized carbons (Fsp3) is 0.333. The molecule has 0 N–H and O–H groups in total. The Morgan fingerprint density at radius 1 is 0.618 bits per heavy atom. The molecule has 4 heteroatoms. The minimum Gasteiger partial charge on any atom is -0.378 e. The van der Waals surface area contributed by atoms with Gasteiger partial charge in [-0.3, -0.25) is 9.59 Å². The molecule has 0 saturated heterocycles. The molecule has 2 aliphatic rings. The molecule has 0 amide bonds. The average molecular weight is 457 g/mol. The Morgan fingerprint density at radius 2 is 1.09 bits per heavy atom. The number of carbonyl (C=O) groups is 2. The van der Waals surface area contributed by atoms with E-state index in [-0.39, 0.29) is 0 Å². The number of allylic oxidation sites excluding steroid dienone is 4. The molecular weight excluding hydrogens is 420 g/mol. The van der Waals surface area contributed by atoms with Gasteiger partial charge in [0.05, 0.1) is 0 Å². The first-order valence-electron chi connectivity index (χ1n) is 12.0. The molecule has 4 rings (SSSR count). The van der Waals surface area contributed by atoms with Crippen LogP contribution < -0.4 is 9.80 Å². The van der Waals surface area contributed by atoms with E-state index in [1.807, 2.05) is 52.5 Å². The second-order valence-corrected chi connectivity index (χ2v) is 9.25. The SMILES string of the molecule is CN(C)c1ccc(/C=C/C=C2\CCCC2=O)cc1.CN(C)c1ccc(/C=C2\CCCC2=O)cc1. The summed E-state index contributed by atoms with van der Waals surface area (Å²) < 4.78 is 0. The first-order chi connectivity index (χ1) is 16.3. The van der Waals surface area contributed by atoms with Crippen molar-refractivity contribution >= 4 is 35.1 Å². The molecule has 4 nitrogen and oxygen atoms in total. The number of carbonyl (C=O) groups excluding carboxylic acids is 2. The second kappa shape index (κ2) is 12.2. The fourth-order valence-corrected chi connectivity index (χ4v) is 4.04. The highest BCUT2D eigenvalue weighted by molar-refractivity contribution is 6.01. The molecule has 2 aliphatic carbocycles. The van der Waals surface area contributed by atoms with Crippen molar-refractivity contribution < 1.29 is 9.59 Å². The van der Waals surface area contributed by atoms with E-state index in [1.54, 1.807) is 0 Å². The van der Waals surface area contributed by atoms with Crippen LogP contribution in [0.1, 0.15) is 49.7 Å². The summed E-state index contributed by atoms with van der Waals surface area (Å²) in [5, 5.41) is 0. The van der Waals surface area contributed by atoms with Crippen molar-refractivity contribution in [3.8, 4) is 0 Å². The third-order valence-electron chi connectivity index (χ3n) is 6.16. The maximum absolute atomic E-state index is 11.5. The fourth-order valence-electron chi connectivity index (χ4n) is 4.04. The highest BCUT2D eigenvalue weighted by atomic mass is 16.1. The molecule has 0 radical (unpaired) electrons.